The van der Waals surface area contributed by atoms with Crippen LogP contribution in [-0.2, 0) is 13.0 Å². The second kappa shape index (κ2) is 6.96. The van der Waals surface area contributed by atoms with Crippen LogP contribution in [0.3, 0.4) is 0 Å². The predicted molar refractivity (Wildman–Crippen MR) is 81.3 cm³/mol. The van der Waals surface area contributed by atoms with E-state index in [-0.39, 0.29) is 0 Å². The van der Waals surface area contributed by atoms with Gasteiger partial charge in [0.25, 0.3) is 0 Å². The van der Waals surface area contributed by atoms with E-state index in [1.807, 2.05) is 30.3 Å². The fourth-order valence-corrected chi connectivity index (χ4v) is 2.24. The zero-order valence-electron chi connectivity index (χ0n) is 12.1. The normalized spacial score (nSPS) is 10.3. The Morgan fingerprint density at radius 3 is 2.50 bits per heavy atom. The molecular formula is C17H21NO2. The van der Waals surface area contributed by atoms with Crippen LogP contribution in [0.2, 0.25) is 0 Å². The summed E-state index contributed by atoms with van der Waals surface area (Å²) in [4.78, 5) is 0. The van der Waals surface area contributed by atoms with E-state index in [1.165, 1.54) is 0 Å². The highest BCUT2D eigenvalue weighted by atomic mass is 16.5. The van der Waals surface area contributed by atoms with Crippen LogP contribution in [0.4, 0.5) is 0 Å². The molecule has 106 valence electrons. The monoisotopic (exact) mass is 271 g/mol. The molecule has 20 heavy (non-hydrogen) atoms. The first kappa shape index (κ1) is 14.4. The Balaban J connectivity index is 2.18. The lowest BCUT2D eigenvalue weighted by Gasteiger charge is -2.15. The second-order valence-electron chi connectivity index (χ2n) is 4.70. The average Bonchev–Trinajstić information content (AvgIpc) is 2.47. The summed E-state index contributed by atoms with van der Waals surface area (Å²) in [6.45, 7) is 3.17. The van der Waals surface area contributed by atoms with Crippen molar-refractivity contribution in [2.24, 2.45) is 5.73 Å². The summed E-state index contributed by atoms with van der Waals surface area (Å²) in [5, 5.41) is 0. The van der Waals surface area contributed by atoms with E-state index in [0.717, 1.165) is 34.6 Å². The van der Waals surface area contributed by atoms with E-state index in [2.05, 4.69) is 19.1 Å². The topological polar surface area (TPSA) is 44.5 Å². The lowest BCUT2D eigenvalue weighted by molar-refractivity contribution is 0.292. The van der Waals surface area contributed by atoms with Crippen LogP contribution in [0.15, 0.2) is 42.5 Å². The van der Waals surface area contributed by atoms with Gasteiger partial charge in [0, 0.05) is 5.56 Å². The van der Waals surface area contributed by atoms with Gasteiger partial charge in [0.05, 0.1) is 7.11 Å². The van der Waals surface area contributed by atoms with Crippen LogP contribution < -0.4 is 15.2 Å². The predicted octanol–water partition coefficient (Wildman–Crippen LogP) is 3.08. The van der Waals surface area contributed by atoms with Crippen LogP contribution in [0.5, 0.6) is 11.5 Å². The standard InChI is InChI=1S/C17H21NO2/c1-13-6-5-8-14(10-11-18)17(13)20-12-15-7-3-4-9-16(15)19-2/h3-9H,10-12,18H2,1-2H3. The number of benzene rings is 2. The molecule has 2 N–H and O–H groups in total. The Labute approximate surface area is 120 Å². The van der Waals surface area contributed by atoms with Crippen LogP contribution in [0, 0.1) is 6.92 Å². The first-order chi connectivity index (χ1) is 9.76. The molecule has 0 radical (unpaired) electrons. The largest absolute Gasteiger partial charge is 0.496 e. The Morgan fingerprint density at radius 2 is 1.75 bits per heavy atom. The van der Waals surface area contributed by atoms with Gasteiger partial charge in [-0.1, -0.05) is 36.4 Å². The average molecular weight is 271 g/mol. The Bertz CT molecular complexity index is 567. The third-order valence-electron chi connectivity index (χ3n) is 3.27. The molecule has 2 rings (SSSR count). The van der Waals surface area contributed by atoms with Crippen molar-refractivity contribution in [3.05, 3.63) is 59.2 Å². The van der Waals surface area contributed by atoms with E-state index < -0.39 is 0 Å². The van der Waals surface area contributed by atoms with Crippen LogP contribution in [0.1, 0.15) is 16.7 Å². The minimum atomic E-state index is 0.492. The van der Waals surface area contributed by atoms with Crippen LogP contribution in [-0.4, -0.2) is 13.7 Å². The van der Waals surface area contributed by atoms with Gasteiger partial charge in [-0.15, -0.1) is 0 Å². The number of nitrogens with two attached hydrogens (primary N) is 1. The molecule has 0 heterocycles. The summed E-state index contributed by atoms with van der Waals surface area (Å²) in [7, 11) is 1.67. The molecule has 0 saturated heterocycles. The SMILES string of the molecule is COc1ccccc1COc1c(C)cccc1CCN. The summed E-state index contributed by atoms with van der Waals surface area (Å²) < 4.78 is 11.4. The zero-order chi connectivity index (χ0) is 14.4. The summed E-state index contributed by atoms with van der Waals surface area (Å²) in [6.07, 6.45) is 0.822. The van der Waals surface area contributed by atoms with Gasteiger partial charge in [0.1, 0.15) is 18.1 Å². The smallest absolute Gasteiger partial charge is 0.125 e. The molecule has 3 nitrogen and oxygen atoms in total. The van der Waals surface area contributed by atoms with E-state index in [1.54, 1.807) is 7.11 Å². The van der Waals surface area contributed by atoms with Gasteiger partial charge in [-0.2, -0.15) is 0 Å². The fraction of sp³-hybridized carbons (Fsp3) is 0.294. The van der Waals surface area contributed by atoms with E-state index in [4.69, 9.17) is 15.2 Å². The van der Waals surface area contributed by atoms with Gasteiger partial charge < -0.3 is 15.2 Å². The van der Waals surface area contributed by atoms with E-state index in [0.29, 0.717) is 13.2 Å². The quantitative estimate of drug-likeness (QED) is 0.878. The maximum atomic E-state index is 6.01. The molecule has 0 aliphatic rings. The van der Waals surface area contributed by atoms with Gasteiger partial charge in [0.2, 0.25) is 0 Å². The molecule has 0 aliphatic carbocycles. The van der Waals surface area contributed by atoms with E-state index in [9.17, 15) is 0 Å². The maximum Gasteiger partial charge on any atom is 0.125 e. The Hall–Kier alpha value is -2.00. The van der Waals surface area contributed by atoms with Crippen LogP contribution in [0.25, 0.3) is 0 Å². The lowest BCUT2D eigenvalue weighted by atomic mass is 10.1. The number of rotatable bonds is 6. The van der Waals surface area contributed by atoms with Crippen molar-refractivity contribution in [1.82, 2.24) is 0 Å². The molecule has 3 heteroatoms. The molecule has 2 aromatic carbocycles. The maximum absolute atomic E-state index is 6.01. The molecular weight excluding hydrogens is 250 g/mol. The molecule has 0 saturated carbocycles. The molecule has 0 aromatic heterocycles. The molecule has 0 amide bonds. The minimum Gasteiger partial charge on any atom is -0.496 e. The molecule has 0 atom stereocenters. The number of aryl methyl sites for hydroxylation is 1. The summed E-state index contributed by atoms with van der Waals surface area (Å²) >= 11 is 0. The van der Waals surface area contributed by atoms with Crippen molar-refractivity contribution in [2.45, 2.75) is 20.0 Å². The summed E-state index contributed by atoms with van der Waals surface area (Å²) in [5.41, 5.74) is 8.98. The lowest BCUT2D eigenvalue weighted by Crippen LogP contribution is -2.07. The van der Waals surface area contributed by atoms with Crippen molar-refractivity contribution >= 4 is 0 Å². The van der Waals surface area contributed by atoms with Gasteiger partial charge in [-0.3, -0.25) is 0 Å². The first-order valence-corrected chi connectivity index (χ1v) is 6.79. The fourth-order valence-electron chi connectivity index (χ4n) is 2.24. The van der Waals surface area contributed by atoms with E-state index >= 15 is 0 Å². The highest BCUT2D eigenvalue weighted by Crippen LogP contribution is 2.26. The third kappa shape index (κ3) is 3.31. The van der Waals surface area contributed by atoms with Crippen molar-refractivity contribution in [3.8, 4) is 11.5 Å². The van der Waals surface area contributed by atoms with Gasteiger partial charge in [0.15, 0.2) is 0 Å². The number of methoxy groups -OCH3 is 1. The molecule has 0 fully saturated rings. The van der Waals surface area contributed by atoms with Crippen molar-refractivity contribution in [1.29, 1.82) is 0 Å². The molecule has 0 aliphatic heterocycles. The summed E-state index contributed by atoms with van der Waals surface area (Å²) in [5.74, 6) is 1.78. The third-order valence-corrected chi connectivity index (χ3v) is 3.27. The highest BCUT2D eigenvalue weighted by molar-refractivity contribution is 5.41. The summed E-state index contributed by atoms with van der Waals surface area (Å²) in [6, 6.07) is 14.1. The highest BCUT2D eigenvalue weighted by Gasteiger charge is 2.08. The minimum absolute atomic E-state index is 0.492. The van der Waals surface area contributed by atoms with Gasteiger partial charge in [-0.05, 0) is 37.1 Å². The molecule has 0 unspecified atom stereocenters. The van der Waals surface area contributed by atoms with Gasteiger partial charge >= 0.3 is 0 Å². The zero-order valence-corrected chi connectivity index (χ0v) is 12.1. The molecule has 0 spiro atoms. The van der Waals surface area contributed by atoms with Crippen molar-refractivity contribution in [3.63, 3.8) is 0 Å². The van der Waals surface area contributed by atoms with Crippen molar-refractivity contribution in [2.75, 3.05) is 13.7 Å². The van der Waals surface area contributed by atoms with Crippen LogP contribution >= 0.6 is 0 Å². The Kier molecular flexibility index (Phi) is 5.02. The number of hydrogen-bond acceptors (Lipinski definition) is 3. The first-order valence-electron chi connectivity index (χ1n) is 6.79. The number of para-hydroxylation sites is 2. The van der Waals surface area contributed by atoms with Crippen molar-refractivity contribution < 1.29 is 9.47 Å². The second-order valence-corrected chi connectivity index (χ2v) is 4.70. The number of hydrogen-bond donors (Lipinski definition) is 1. The molecule has 2 aromatic rings. The number of ether oxygens (including phenoxy) is 2. The Morgan fingerprint density at radius 1 is 1.00 bits per heavy atom. The molecule has 0 bridgehead atoms. The van der Waals surface area contributed by atoms with Gasteiger partial charge in [-0.25, -0.2) is 0 Å².